The summed E-state index contributed by atoms with van der Waals surface area (Å²) in [6, 6.07) is 8.60. The van der Waals surface area contributed by atoms with Gasteiger partial charge in [0.25, 0.3) is 5.69 Å². The van der Waals surface area contributed by atoms with Crippen molar-refractivity contribution < 1.29 is 23.8 Å². The third kappa shape index (κ3) is 8.13. The summed E-state index contributed by atoms with van der Waals surface area (Å²) in [4.78, 5) is 17.3. The molecule has 8 nitrogen and oxygen atoms in total. The van der Waals surface area contributed by atoms with Gasteiger partial charge in [0.15, 0.2) is 5.82 Å². The quantitative estimate of drug-likeness (QED) is 0.206. The van der Waals surface area contributed by atoms with E-state index in [1.54, 1.807) is 19.1 Å². The summed E-state index contributed by atoms with van der Waals surface area (Å²) in [5, 5.41) is 17.8. The first-order valence-corrected chi connectivity index (χ1v) is 10.9. The molecule has 0 unspecified atom stereocenters. The highest BCUT2D eigenvalue weighted by molar-refractivity contribution is 5.55. The van der Waals surface area contributed by atoms with Gasteiger partial charge in [0, 0.05) is 37.9 Å². The van der Waals surface area contributed by atoms with E-state index >= 15 is 0 Å². The van der Waals surface area contributed by atoms with Gasteiger partial charge in [-0.1, -0.05) is 24.3 Å². The van der Waals surface area contributed by atoms with E-state index in [0.717, 1.165) is 38.5 Å². The number of anilines is 3. The van der Waals surface area contributed by atoms with Gasteiger partial charge in [0.05, 0.1) is 29.0 Å². The molecule has 3 N–H and O–H groups in total. The Morgan fingerprint density at radius 2 is 1.47 bits per heavy atom. The lowest BCUT2D eigenvalue weighted by molar-refractivity contribution is -0.385. The van der Waals surface area contributed by atoms with Gasteiger partial charge in [-0.05, 0) is 44.0 Å². The highest BCUT2D eigenvalue weighted by Crippen LogP contribution is 2.25. The van der Waals surface area contributed by atoms with Gasteiger partial charge in [-0.25, -0.2) is 13.7 Å². The predicted molar refractivity (Wildman–Crippen MR) is 130 cm³/mol. The third-order valence-corrected chi connectivity index (χ3v) is 5.04. The van der Waals surface area contributed by atoms with Crippen molar-refractivity contribution in [3.8, 4) is 0 Å². The second kappa shape index (κ2) is 13.9. The van der Waals surface area contributed by atoms with Crippen LogP contribution in [0.25, 0.3) is 0 Å². The average Bonchev–Trinajstić information content (AvgIpc) is 2.85. The second-order valence-corrected chi connectivity index (χ2v) is 7.43. The molecule has 2 aliphatic rings. The van der Waals surface area contributed by atoms with Crippen LogP contribution in [-0.2, 0) is 4.89 Å². The summed E-state index contributed by atoms with van der Waals surface area (Å²) in [5.41, 5.74) is 6.81. The molecule has 2 aliphatic heterocycles. The van der Waals surface area contributed by atoms with Crippen LogP contribution in [0.3, 0.4) is 0 Å². The molecular weight excluding hydrogens is 446 g/mol. The maximum absolute atomic E-state index is 13.6. The van der Waals surface area contributed by atoms with Crippen LogP contribution in [0.5, 0.6) is 0 Å². The number of nitrogens with two attached hydrogens (primary N) is 1. The number of halogens is 2. The zero-order chi connectivity index (χ0) is 24.9. The Labute approximate surface area is 197 Å². The molecule has 0 bridgehead atoms. The van der Waals surface area contributed by atoms with Gasteiger partial charge in [-0.15, -0.1) is 0 Å². The Balaban J connectivity index is 0.000000209. The van der Waals surface area contributed by atoms with Gasteiger partial charge in [0.2, 0.25) is 0 Å². The predicted octanol–water partition coefficient (Wildman–Crippen LogP) is 5.17. The van der Waals surface area contributed by atoms with Crippen LogP contribution in [0.4, 0.5) is 31.5 Å². The summed E-state index contributed by atoms with van der Waals surface area (Å²) in [7, 11) is 0. The molecule has 2 heterocycles. The number of hydrogen-bond donors (Lipinski definition) is 2. The standard InChI is InChI=1S/C11H11FN2O2.C11H13FN2.C2H6O2/c12-10-8-9(14(15)16)4-5-11(10)13-6-2-1-3-7-13;12-10-8-9(13)4-5-11(10)14-6-2-1-3-7-14;1-2-4-3/h1-2,4-5,8H,3,6-7H2;1-2,4-5,8H,3,6-7,13H2;3H,2H2,1H3. The zero-order valence-electron chi connectivity index (χ0n) is 19.1. The number of benzene rings is 2. The fourth-order valence-electron chi connectivity index (χ4n) is 3.37. The first-order chi connectivity index (χ1) is 16.4. The van der Waals surface area contributed by atoms with E-state index in [2.05, 4.69) is 17.0 Å². The molecule has 0 atom stereocenters. The van der Waals surface area contributed by atoms with Crippen molar-refractivity contribution in [3.63, 3.8) is 0 Å². The van der Waals surface area contributed by atoms with E-state index in [1.165, 1.54) is 18.2 Å². The SMILES string of the molecule is CCOO.Nc1ccc(N2CC=CCC2)c(F)c1.O=[N+]([O-])c1ccc(N2CC=CCC2)c(F)c1. The summed E-state index contributed by atoms with van der Waals surface area (Å²) in [6.07, 6.45) is 10.0. The fraction of sp³-hybridized carbons (Fsp3) is 0.333. The number of nitro groups is 1. The van der Waals surface area contributed by atoms with Crippen molar-refractivity contribution in [2.24, 2.45) is 0 Å². The van der Waals surface area contributed by atoms with E-state index < -0.39 is 10.7 Å². The van der Waals surface area contributed by atoms with Crippen LogP contribution in [0.1, 0.15) is 19.8 Å². The van der Waals surface area contributed by atoms with Crippen molar-refractivity contribution in [2.45, 2.75) is 19.8 Å². The minimum absolute atomic E-state index is 0.214. The molecule has 0 saturated heterocycles. The number of hydrogen-bond acceptors (Lipinski definition) is 7. The van der Waals surface area contributed by atoms with Crippen LogP contribution in [0.15, 0.2) is 60.7 Å². The Morgan fingerprint density at radius 1 is 0.971 bits per heavy atom. The molecule has 10 heteroatoms. The van der Waals surface area contributed by atoms with Crippen LogP contribution in [0, 0.1) is 21.7 Å². The van der Waals surface area contributed by atoms with E-state index in [0.29, 0.717) is 30.2 Å². The van der Waals surface area contributed by atoms with E-state index in [4.69, 9.17) is 11.0 Å². The molecule has 0 aliphatic carbocycles. The topological polar surface area (TPSA) is 105 Å². The lowest BCUT2D eigenvalue weighted by Gasteiger charge is -2.25. The summed E-state index contributed by atoms with van der Waals surface area (Å²) in [6.45, 7) is 5.12. The normalized spacial score (nSPS) is 14.6. The maximum atomic E-state index is 13.6. The molecule has 2 aromatic carbocycles. The second-order valence-electron chi connectivity index (χ2n) is 7.43. The van der Waals surface area contributed by atoms with Gasteiger partial charge in [0.1, 0.15) is 5.82 Å². The molecule has 34 heavy (non-hydrogen) atoms. The third-order valence-electron chi connectivity index (χ3n) is 5.04. The Kier molecular flexibility index (Phi) is 10.9. The van der Waals surface area contributed by atoms with Gasteiger partial charge in [-0.3, -0.25) is 15.4 Å². The molecule has 0 fully saturated rings. The van der Waals surface area contributed by atoms with Crippen molar-refractivity contribution in [1.29, 1.82) is 0 Å². The van der Waals surface area contributed by atoms with Crippen LogP contribution in [0.2, 0.25) is 0 Å². The Hall–Kier alpha value is -3.50. The number of non-ortho nitro benzene ring substituents is 1. The molecular formula is C24H30F2N4O4. The minimum Gasteiger partial charge on any atom is -0.399 e. The van der Waals surface area contributed by atoms with Gasteiger partial charge < -0.3 is 15.5 Å². The molecule has 0 amide bonds. The van der Waals surface area contributed by atoms with Gasteiger partial charge in [-0.2, -0.15) is 0 Å². The minimum atomic E-state index is -0.594. The summed E-state index contributed by atoms with van der Waals surface area (Å²) in [5.74, 6) is -0.773. The van der Waals surface area contributed by atoms with Crippen molar-refractivity contribution in [1.82, 2.24) is 0 Å². The first kappa shape index (κ1) is 26.7. The van der Waals surface area contributed by atoms with E-state index in [9.17, 15) is 18.9 Å². The maximum Gasteiger partial charge on any atom is 0.272 e. The van der Waals surface area contributed by atoms with E-state index in [1.807, 2.05) is 22.0 Å². The van der Waals surface area contributed by atoms with Crippen molar-refractivity contribution >= 4 is 22.7 Å². The Bertz CT molecular complexity index is 999. The number of rotatable bonds is 4. The highest BCUT2D eigenvalue weighted by Gasteiger charge is 2.16. The van der Waals surface area contributed by atoms with Crippen LogP contribution in [-0.4, -0.2) is 43.0 Å². The molecule has 0 saturated carbocycles. The average molecular weight is 477 g/mol. The Morgan fingerprint density at radius 3 is 1.85 bits per heavy atom. The van der Waals surface area contributed by atoms with E-state index in [-0.39, 0.29) is 11.5 Å². The number of nitrogens with zero attached hydrogens (tertiary/aromatic N) is 3. The molecule has 0 spiro atoms. The van der Waals surface area contributed by atoms with Crippen LogP contribution < -0.4 is 15.5 Å². The number of nitrogen functional groups attached to an aromatic ring is 1. The lowest BCUT2D eigenvalue weighted by Crippen LogP contribution is -2.27. The summed E-state index contributed by atoms with van der Waals surface area (Å²) >= 11 is 0. The fourth-order valence-corrected chi connectivity index (χ4v) is 3.37. The van der Waals surface area contributed by atoms with Crippen molar-refractivity contribution in [2.75, 3.05) is 48.3 Å². The molecule has 184 valence electrons. The molecule has 0 radical (unpaired) electrons. The molecule has 4 rings (SSSR count). The zero-order valence-corrected chi connectivity index (χ0v) is 19.1. The smallest absolute Gasteiger partial charge is 0.272 e. The number of nitro benzene ring substituents is 1. The summed E-state index contributed by atoms with van der Waals surface area (Å²) < 4.78 is 27.1. The highest BCUT2D eigenvalue weighted by atomic mass is 19.1. The van der Waals surface area contributed by atoms with Crippen LogP contribution >= 0.6 is 0 Å². The molecule has 0 aromatic heterocycles. The van der Waals surface area contributed by atoms with Gasteiger partial charge >= 0.3 is 0 Å². The molecule has 2 aromatic rings. The van der Waals surface area contributed by atoms with Crippen molar-refractivity contribution in [3.05, 3.63) is 82.5 Å². The largest absolute Gasteiger partial charge is 0.399 e. The monoisotopic (exact) mass is 476 g/mol. The lowest BCUT2D eigenvalue weighted by atomic mass is 10.2. The first-order valence-electron chi connectivity index (χ1n) is 10.9.